The summed E-state index contributed by atoms with van der Waals surface area (Å²) in [7, 11) is 0. The Morgan fingerprint density at radius 2 is 1.42 bits per heavy atom. The van der Waals surface area contributed by atoms with E-state index >= 15 is 0 Å². The zero-order chi connectivity index (χ0) is 22.4. The number of anilines is 2. The molecule has 0 heterocycles. The van der Waals surface area contributed by atoms with Crippen molar-refractivity contribution in [2.75, 3.05) is 17.2 Å². The first-order valence-electron chi connectivity index (χ1n) is 9.27. The van der Waals surface area contributed by atoms with E-state index in [9.17, 15) is 19.7 Å². The summed E-state index contributed by atoms with van der Waals surface area (Å²) in [5, 5.41) is 16.3. The minimum Gasteiger partial charge on any atom is -0.494 e. The van der Waals surface area contributed by atoms with Crippen LogP contribution in [0.25, 0.3) is 0 Å². The Morgan fingerprint density at radius 3 is 1.97 bits per heavy atom. The molecule has 3 rings (SSSR count). The Bertz CT molecular complexity index is 1110. The van der Waals surface area contributed by atoms with Crippen molar-refractivity contribution in [2.45, 2.75) is 6.92 Å². The van der Waals surface area contributed by atoms with Gasteiger partial charge in [0.05, 0.1) is 11.5 Å². The minimum absolute atomic E-state index is 0.0514. The monoisotopic (exact) mass is 439 g/mol. The van der Waals surface area contributed by atoms with Crippen molar-refractivity contribution in [3.63, 3.8) is 0 Å². The second-order valence-corrected chi connectivity index (χ2v) is 6.77. The highest BCUT2D eigenvalue weighted by molar-refractivity contribution is 6.32. The van der Waals surface area contributed by atoms with Gasteiger partial charge in [-0.2, -0.15) is 0 Å². The fraction of sp³-hybridized carbons (Fsp3) is 0.0909. The van der Waals surface area contributed by atoms with Crippen LogP contribution in [0, 0.1) is 10.1 Å². The number of nitro benzene ring substituents is 1. The molecule has 3 aromatic carbocycles. The number of nitrogens with zero attached hydrogens (tertiary/aromatic N) is 1. The molecular formula is C22H18ClN3O5. The Labute approximate surface area is 182 Å². The van der Waals surface area contributed by atoms with E-state index in [1.54, 1.807) is 48.5 Å². The lowest BCUT2D eigenvalue weighted by molar-refractivity contribution is -0.384. The van der Waals surface area contributed by atoms with E-state index in [0.29, 0.717) is 29.3 Å². The Balaban J connectivity index is 1.64. The molecule has 0 aliphatic heterocycles. The van der Waals surface area contributed by atoms with Crippen molar-refractivity contribution in [1.82, 2.24) is 0 Å². The lowest BCUT2D eigenvalue weighted by Crippen LogP contribution is -2.14. The summed E-state index contributed by atoms with van der Waals surface area (Å²) in [6.45, 7) is 2.45. The summed E-state index contributed by atoms with van der Waals surface area (Å²) in [6, 6.07) is 17.0. The number of ether oxygens (including phenoxy) is 1. The molecule has 0 aromatic heterocycles. The van der Waals surface area contributed by atoms with Gasteiger partial charge in [-0.25, -0.2) is 0 Å². The third-order valence-electron chi connectivity index (χ3n) is 4.23. The summed E-state index contributed by atoms with van der Waals surface area (Å²) < 4.78 is 5.36. The number of carbonyl (C=O) groups is 2. The van der Waals surface area contributed by atoms with Crippen molar-refractivity contribution in [3.8, 4) is 5.75 Å². The van der Waals surface area contributed by atoms with Crippen LogP contribution < -0.4 is 15.4 Å². The maximum atomic E-state index is 12.4. The zero-order valence-corrected chi connectivity index (χ0v) is 17.2. The topological polar surface area (TPSA) is 111 Å². The van der Waals surface area contributed by atoms with Gasteiger partial charge in [0.2, 0.25) is 0 Å². The van der Waals surface area contributed by atoms with Gasteiger partial charge in [-0.1, -0.05) is 11.6 Å². The van der Waals surface area contributed by atoms with E-state index in [2.05, 4.69) is 10.6 Å². The minimum atomic E-state index is -0.656. The van der Waals surface area contributed by atoms with Gasteiger partial charge in [0.15, 0.2) is 0 Å². The molecule has 8 nitrogen and oxygen atoms in total. The van der Waals surface area contributed by atoms with Crippen molar-refractivity contribution in [3.05, 3.63) is 93.0 Å². The molecular weight excluding hydrogens is 422 g/mol. The van der Waals surface area contributed by atoms with Crippen LogP contribution in [0.5, 0.6) is 5.75 Å². The van der Waals surface area contributed by atoms with Gasteiger partial charge in [-0.05, 0) is 67.6 Å². The molecule has 2 amide bonds. The van der Waals surface area contributed by atoms with Crippen molar-refractivity contribution < 1.29 is 19.2 Å². The fourth-order valence-electron chi connectivity index (χ4n) is 2.71. The molecule has 0 aliphatic rings. The Morgan fingerprint density at radius 1 is 0.903 bits per heavy atom. The molecule has 0 saturated carbocycles. The van der Waals surface area contributed by atoms with Gasteiger partial charge in [0, 0.05) is 28.6 Å². The van der Waals surface area contributed by atoms with E-state index in [1.807, 2.05) is 6.92 Å². The first kappa shape index (κ1) is 21.8. The predicted octanol–water partition coefficient (Wildman–Crippen LogP) is 5.15. The fourth-order valence-corrected chi connectivity index (χ4v) is 2.89. The molecule has 9 heteroatoms. The van der Waals surface area contributed by atoms with Crippen LogP contribution >= 0.6 is 11.6 Å². The van der Waals surface area contributed by atoms with E-state index in [4.69, 9.17) is 16.3 Å². The van der Waals surface area contributed by atoms with Gasteiger partial charge in [-0.15, -0.1) is 0 Å². The van der Waals surface area contributed by atoms with E-state index in [1.165, 1.54) is 12.1 Å². The number of amides is 2. The summed E-state index contributed by atoms with van der Waals surface area (Å²) in [4.78, 5) is 35.1. The third kappa shape index (κ3) is 5.58. The molecule has 0 radical (unpaired) electrons. The number of nitro groups is 1. The standard InChI is InChI=1S/C22H18ClN3O5/c1-2-31-18-10-8-17(9-11-18)24-21(27)14-3-6-16(7-4-14)25-22(28)15-5-12-19(23)20(13-15)26(29)30/h3-13H,2H2,1H3,(H,24,27)(H,25,28). The maximum Gasteiger partial charge on any atom is 0.288 e. The van der Waals surface area contributed by atoms with Gasteiger partial charge in [0.1, 0.15) is 10.8 Å². The summed E-state index contributed by atoms with van der Waals surface area (Å²) >= 11 is 5.77. The number of rotatable bonds is 7. The lowest BCUT2D eigenvalue weighted by atomic mass is 10.1. The van der Waals surface area contributed by atoms with E-state index in [-0.39, 0.29) is 22.2 Å². The van der Waals surface area contributed by atoms with Gasteiger partial charge < -0.3 is 15.4 Å². The number of halogens is 1. The van der Waals surface area contributed by atoms with Crippen LogP contribution in [-0.4, -0.2) is 23.3 Å². The average Bonchev–Trinajstić information content (AvgIpc) is 2.76. The van der Waals surface area contributed by atoms with E-state index in [0.717, 1.165) is 6.07 Å². The molecule has 0 unspecified atom stereocenters. The van der Waals surface area contributed by atoms with Gasteiger partial charge in [-0.3, -0.25) is 19.7 Å². The highest BCUT2D eigenvalue weighted by Crippen LogP contribution is 2.25. The number of hydrogen-bond donors (Lipinski definition) is 2. The van der Waals surface area contributed by atoms with Crippen LogP contribution in [0.2, 0.25) is 5.02 Å². The highest BCUT2D eigenvalue weighted by atomic mass is 35.5. The van der Waals surface area contributed by atoms with Crippen LogP contribution in [-0.2, 0) is 0 Å². The SMILES string of the molecule is CCOc1ccc(NC(=O)c2ccc(NC(=O)c3ccc(Cl)c([N+](=O)[O-])c3)cc2)cc1. The van der Waals surface area contributed by atoms with Crippen molar-refractivity contribution in [2.24, 2.45) is 0 Å². The number of carbonyl (C=O) groups excluding carboxylic acids is 2. The van der Waals surface area contributed by atoms with Crippen LogP contribution in [0.3, 0.4) is 0 Å². The van der Waals surface area contributed by atoms with Crippen molar-refractivity contribution >= 4 is 40.5 Å². The van der Waals surface area contributed by atoms with Crippen LogP contribution in [0.1, 0.15) is 27.6 Å². The molecule has 0 fully saturated rings. The first-order valence-corrected chi connectivity index (χ1v) is 9.64. The largest absolute Gasteiger partial charge is 0.494 e. The number of benzene rings is 3. The zero-order valence-electron chi connectivity index (χ0n) is 16.4. The van der Waals surface area contributed by atoms with Crippen LogP contribution in [0.15, 0.2) is 66.7 Å². The second-order valence-electron chi connectivity index (χ2n) is 6.37. The quantitative estimate of drug-likeness (QED) is 0.390. The maximum absolute atomic E-state index is 12.4. The molecule has 0 saturated heterocycles. The van der Waals surface area contributed by atoms with Crippen molar-refractivity contribution in [1.29, 1.82) is 0 Å². The summed E-state index contributed by atoms with van der Waals surface area (Å²) in [5.41, 5.74) is 1.19. The Hall–Kier alpha value is -3.91. The average molecular weight is 440 g/mol. The predicted molar refractivity (Wildman–Crippen MR) is 118 cm³/mol. The molecule has 0 aliphatic carbocycles. The summed E-state index contributed by atoms with van der Waals surface area (Å²) in [5.74, 6) is -0.131. The first-order chi connectivity index (χ1) is 14.9. The van der Waals surface area contributed by atoms with Crippen LogP contribution in [0.4, 0.5) is 17.1 Å². The highest BCUT2D eigenvalue weighted by Gasteiger charge is 2.16. The molecule has 158 valence electrons. The normalized spacial score (nSPS) is 10.3. The lowest BCUT2D eigenvalue weighted by Gasteiger charge is -2.09. The molecule has 0 atom stereocenters. The summed E-state index contributed by atoms with van der Waals surface area (Å²) in [6.07, 6.45) is 0. The second kappa shape index (κ2) is 9.73. The molecule has 31 heavy (non-hydrogen) atoms. The smallest absolute Gasteiger partial charge is 0.288 e. The molecule has 0 spiro atoms. The number of nitrogens with one attached hydrogen (secondary N) is 2. The third-order valence-corrected chi connectivity index (χ3v) is 4.55. The Kier molecular flexibility index (Phi) is 6.84. The van der Waals surface area contributed by atoms with Gasteiger partial charge in [0.25, 0.3) is 17.5 Å². The number of hydrogen-bond acceptors (Lipinski definition) is 5. The molecule has 0 bridgehead atoms. The molecule has 2 N–H and O–H groups in total. The van der Waals surface area contributed by atoms with Gasteiger partial charge >= 0.3 is 0 Å². The van der Waals surface area contributed by atoms with E-state index < -0.39 is 10.8 Å². The molecule has 3 aromatic rings.